The lowest BCUT2D eigenvalue weighted by Gasteiger charge is -2.17. The molecular formula is C21H25N3O5S. The van der Waals surface area contributed by atoms with Crippen LogP contribution >= 0.6 is 0 Å². The number of methoxy groups -OCH3 is 1. The monoisotopic (exact) mass is 431 g/mol. The smallest absolute Gasteiger partial charge is 0.263 e. The van der Waals surface area contributed by atoms with E-state index in [2.05, 4.69) is 15.0 Å². The van der Waals surface area contributed by atoms with Crippen molar-refractivity contribution >= 4 is 21.8 Å². The number of carbonyl (C=O) groups is 1. The molecule has 2 aromatic carbocycles. The van der Waals surface area contributed by atoms with Crippen molar-refractivity contribution in [1.29, 1.82) is 0 Å². The zero-order valence-electron chi connectivity index (χ0n) is 17.1. The summed E-state index contributed by atoms with van der Waals surface area (Å²) in [5, 5.41) is 2.80. The lowest BCUT2D eigenvalue weighted by molar-refractivity contribution is -0.123. The molecule has 0 saturated carbocycles. The van der Waals surface area contributed by atoms with E-state index in [4.69, 9.17) is 9.47 Å². The van der Waals surface area contributed by atoms with Crippen LogP contribution in [0.5, 0.6) is 11.5 Å². The molecule has 0 saturated heterocycles. The van der Waals surface area contributed by atoms with Crippen molar-refractivity contribution < 1.29 is 22.7 Å². The molecule has 0 spiro atoms. The van der Waals surface area contributed by atoms with Crippen molar-refractivity contribution in [3.8, 4) is 11.5 Å². The van der Waals surface area contributed by atoms with Gasteiger partial charge in [0.05, 0.1) is 18.6 Å². The maximum atomic E-state index is 12.7. The quantitative estimate of drug-likeness (QED) is 0.622. The average Bonchev–Trinajstić information content (AvgIpc) is 2.99. The van der Waals surface area contributed by atoms with Crippen LogP contribution in [0.25, 0.3) is 0 Å². The highest BCUT2D eigenvalue weighted by molar-refractivity contribution is 7.90. The Bertz CT molecular complexity index is 1050. The zero-order chi connectivity index (χ0) is 21.7. The molecule has 0 aromatic heterocycles. The first kappa shape index (κ1) is 21.6. The number of para-hydroxylation sites is 2. The van der Waals surface area contributed by atoms with Crippen LogP contribution in [-0.2, 0) is 14.8 Å². The maximum absolute atomic E-state index is 12.7. The number of nitrogens with zero attached hydrogens (tertiary/aromatic N) is 1. The van der Waals surface area contributed by atoms with Crippen LogP contribution in [0.2, 0.25) is 0 Å². The highest BCUT2D eigenvalue weighted by atomic mass is 32.2. The Morgan fingerprint density at radius 2 is 1.77 bits per heavy atom. The average molecular weight is 432 g/mol. The number of nitrogens with one attached hydrogen (secondary N) is 2. The number of amidine groups is 1. The SMILES string of the molecule is COc1ccccc1OCCNC(=O)[C@H](N=C1NS(=O)(=O)c2ccccc21)C(C)C. The summed E-state index contributed by atoms with van der Waals surface area (Å²) in [7, 11) is -2.09. The van der Waals surface area contributed by atoms with Gasteiger partial charge in [-0.05, 0) is 30.2 Å². The standard InChI is InChI=1S/C21H25N3O5S/c1-14(2)19(23-20-15-8-4-7-11-18(15)30(26,27)24-20)21(25)22-12-13-29-17-10-6-5-9-16(17)28-3/h4-11,14,19H,12-13H2,1-3H3,(H,22,25)(H,23,24)/t19-/m1/s1. The number of fused-ring (bicyclic) bond motifs is 1. The topological polar surface area (TPSA) is 106 Å². The Labute approximate surface area is 176 Å². The summed E-state index contributed by atoms with van der Waals surface area (Å²) >= 11 is 0. The molecular weight excluding hydrogens is 406 g/mol. The van der Waals surface area contributed by atoms with E-state index in [1.165, 1.54) is 6.07 Å². The summed E-state index contributed by atoms with van der Waals surface area (Å²) in [6.45, 7) is 4.24. The van der Waals surface area contributed by atoms with Crippen molar-refractivity contribution in [1.82, 2.24) is 10.0 Å². The highest BCUT2D eigenvalue weighted by Crippen LogP contribution is 2.25. The Morgan fingerprint density at radius 1 is 1.10 bits per heavy atom. The largest absolute Gasteiger partial charge is 0.493 e. The molecule has 1 heterocycles. The molecule has 0 unspecified atom stereocenters. The molecule has 2 aromatic rings. The van der Waals surface area contributed by atoms with E-state index in [0.29, 0.717) is 17.1 Å². The molecule has 160 valence electrons. The van der Waals surface area contributed by atoms with Crippen LogP contribution in [0, 0.1) is 5.92 Å². The minimum Gasteiger partial charge on any atom is -0.493 e. The lowest BCUT2D eigenvalue weighted by atomic mass is 10.0. The van der Waals surface area contributed by atoms with Crippen LogP contribution in [0.3, 0.4) is 0 Å². The van der Waals surface area contributed by atoms with E-state index in [-0.39, 0.29) is 35.7 Å². The molecule has 30 heavy (non-hydrogen) atoms. The van der Waals surface area contributed by atoms with Gasteiger partial charge < -0.3 is 14.8 Å². The van der Waals surface area contributed by atoms with E-state index in [1.807, 2.05) is 26.0 Å². The van der Waals surface area contributed by atoms with E-state index in [0.717, 1.165) is 0 Å². The molecule has 8 nitrogen and oxygen atoms in total. The van der Waals surface area contributed by atoms with Gasteiger partial charge in [0, 0.05) is 5.56 Å². The fraction of sp³-hybridized carbons (Fsp3) is 0.333. The van der Waals surface area contributed by atoms with Crippen molar-refractivity contribution in [3.05, 3.63) is 54.1 Å². The molecule has 0 bridgehead atoms. The fourth-order valence-corrected chi connectivity index (χ4v) is 4.30. The summed E-state index contributed by atoms with van der Waals surface area (Å²) < 4.78 is 37.9. The van der Waals surface area contributed by atoms with E-state index in [1.54, 1.807) is 37.4 Å². The van der Waals surface area contributed by atoms with Gasteiger partial charge in [0.1, 0.15) is 18.5 Å². The fourth-order valence-electron chi connectivity index (χ4n) is 3.06. The molecule has 0 radical (unpaired) electrons. The molecule has 0 aliphatic carbocycles. The molecule has 0 fully saturated rings. The Balaban J connectivity index is 1.66. The normalized spacial score (nSPS) is 16.6. The van der Waals surface area contributed by atoms with Crippen LogP contribution < -0.4 is 19.5 Å². The van der Waals surface area contributed by atoms with Crippen LogP contribution in [0.15, 0.2) is 58.4 Å². The van der Waals surface area contributed by atoms with Crippen molar-refractivity contribution in [2.24, 2.45) is 10.9 Å². The lowest BCUT2D eigenvalue weighted by Crippen LogP contribution is -2.40. The second kappa shape index (κ2) is 9.17. The van der Waals surface area contributed by atoms with Crippen molar-refractivity contribution in [3.63, 3.8) is 0 Å². The number of amides is 1. The first-order chi connectivity index (χ1) is 14.3. The number of hydrogen-bond donors (Lipinski definition) is 2. The van der Waals surface area contributed by atoms with Gasteiger partial charge in [-0.3, -0.25) is 14.5 Å². The molecule has 1 aliphatic heterocycles. The van der Waals surface area contributed by atoms with Crippen LogP contribution in [-0.4, -0.2) is 46.5 Å². The molecule has 9 heteroatoms. The van der Waals surface area contributed by atoms with Gasteiger partial charge in [-0.2, -0.15) is 0 Å². The summed E-state index contributed by atoms with van der Waals surface area (Å²) in [6, 6.07) is 13.1. The third-order valence-electron chi connectivity index (χ3n) is 4.56. The maximum Gasteiger partial charge on any atom is 0.263 e. The third kappa shape index (κ3) is 4.73. The van der Waals surface area contributed by atoms with E-state index < -0.39 is 16.1 Å². The molecule has 1 aliphatic rings. The molecule has 1 atom stereocenters. The predicted molar refractivity (Wildman–Crippen MR) is 113 cm³/mol. The summed E-state index contributed by atoms with van der Waals surface area (Å²) in [5.74, 6) is 0.952. The number of rotatable bonds is 8. The first-order valence-electron chi connectivity index (χ1n) is 9.57. The summed E-state index contributed by atoms with van der Waals surface area (Å²) in [6.07, 6.45) is 0. The van der Waals surface area contributed by atoms with E-state index in [9.17, 15) is 13.2 Å². The third-order valence-corrected chi connectivity index (χ3v) is 5.96. The Kier molecular flexibility index (Phi) is 6.61. The highest BCUT2D eigenvalue weighted by Gasteiger charge is 2.32. The van der Waals surface area contributed by atoms with Crippen LogP contribution in [0.1, 0.15) is 19.4 Å². The number of benzene rings is 2. The second-order valence-electron chi connectivity index (χ2n) is 7.06. The number of ether oxygens (including phenoxy) is 2. The van der Waals surface area contributed by atoms with Gasteiger partial charge in [0.15, 0.2) is 11.5 Å². The van der Waals surface area contributed by atoms with Crippen LogP contribution in [0.4, 0.5) is 0 Å². The van der Waals surface area contributed by atoms with Crippen molar-refractivity contribution in [2.75, 3.05) is 20.3 Å². The molecule has 1 amide bonds. The minimum absolute atomic E-state index is 0.134. The van der Waals surface area contributed by atoms with Crippen molar-refractivity contribution in [2.45, 2.75) is 24.8 Å². The zero-order valence-corrected chi connectivity index (χ0v) is 17.9. The van der Waals surface area contributed by atoms with E-state index >= 15 is 0 Å². The number of hydrogen-bond acceptors (Lipinski definition) is 6. The Morgan fingerprint density at radius 3 is 2.47 bits per heavy atom. The number of carbonyl (C=O) groups excluding carboxylic acids is 1. The second-order valence-corrected chi connectivity index (χ2v) is 8.71. The predicted octanol–water partition coefficient (Wildman–Crippen LogP) is 1.95. The molecule has 3 rings (SSSR count). The van der Waals surface area contributed by atoms with Gasteiger partial charge in [-0.15, -0.1) is 0 Å². The van der Waals surface area contributed by atoms with Gasteiger partial charge in [0.2, 0.25) is 5.91 Å². The summed E-state index contributed by atoms with van der Waals surface area (Å²) in [5.41, 5.74) is 0.468. The number of aliphatic imine (C=N–C) groups is 1. The van der Waals surface area contributed by atoms with Gasteiger partial charge >= 0.3 is 0 Å². The minimum atomic E-state index is -3.65. The van der Waals surface area contributed by atoms with Gasteiger partial charge in [-0.1, -0.05) is 38.1 Å². The molecule has 2 N–H and O–H groups in total. The van der Waals surface area contributed by atoms with Gasteiger partial charge in [0.25, 0.3) is 10.0 Å². The summed E-state index contributed by atoms with van der Waals surface area (Å²) in [4.78, 5) is 17.3. The van der Waals surface area contributed by atoms with Gasteiger partial charge in [-0.25, -0.2) is 8.42 Å². The Hall–Kier alpha value is -3.07. The first-order valence-corrected chi connectivity index (χ1v) is 11.1. The number of sulfonamides is 1.